The van der Waals surface area contributed by atoms with Crippen LogP contribution in [0.15, 0.2) is 30.3 Å². The molecule has 35 heavy (non-hydrogen) atoms. The lowest BCUT2D eigenvalue weighted by atomic mass is 10.1. The van der Waals surface area contributed by atoms with Crippen LogP contribution >= 0.6 is 0 Å². The molecule has 2 heterocycles. The SMILES string of the molecule is CCn1nc(C(F)(F)F)cc1-c1ccc2c(c1)cc(OS(=O)(=O)C(F)(F)F)n2S(=O)(=O)C(F)(F)F. The van der Waals surface area contributed by atoms with Crippen LogP contribution in [0.1, 0.15) is 12.6 Å². The van der Waals surface area contributed by atoms with Gasteiger partial charge in [0.05, 0.1) is 11.2 Å². The molecule has 3 aromatic rings. The number of aryl methyl sites for hydroxylation is 1. The molecule has 0 aliphatic heterocycles. The monoisotopic (exact) mass is 559 g/mol. The standard InChI is InChI=1S/C16H10F9N3O5S2/c1-2-27-11(7-12(26-27)14(17,18)19)8-3-4-10-9(5-8)6-13(33-35(31,32)16(23,24)25)28(10)34(29,30)15(20,21)22/h3-7H,2H2,1H3. The highest BCUT2D eigenvalue weighted by Crippen LogP contribution is 2.39. The zero-order valence-electron chi connectivity index (χ0n) is 16.7. The Morgan fingerprint density at radius 1 is 0.886 bits per heavy atom. The van der Waals surface area contributed by atoms with Gasteiger partial charge in [0.15, 0.2) is 5.69 Å². The molecule has 8 nitrogen and oxygen atoms in total. The van der Waals surface area contributed by atoms with E-state index in [9.17, 15) is 56.3 Å². The molecule has 0 atom stereocenters. The van der Waals surface area contributed by atoms with E-state index >= 15 is 0 Å². The van der Waals surface area contributed by atoms with Crippen LogP contribution in [0.5, 0.6) is 5.88 Å². The molecule has 19 heteroatoms. The third kappa shape index (κ3) is 4.65. The molecule has 0 N–H and O–H groups in total. The lowest BCUT2D eigenvalue weighted by molar-refractivity contribution is -0.141. The Morgan fingerprint density at radius 2 is 1.49 bits per heavy atom. The maximum absolute atomic E-state index is 13.2. The fraction of sp³-hybridized carbons (Fsp3) is 0.312. The number of nitrogens with zero attached hydrogens (tertiary/aromatic N) is 3. The number of benzene rings is 1. The number of hydrogen-bond acceptors (Lipinski definition) is 6. The Morgan fingerprint density at radius 3 is 1.97 bits per heavy atom. The van der Waals surface area contributed by atoms with E-state index in [1.54, 1.807) is 0 Å². The Labute approximate surface area is 189 Å². The van der Waals surface area contributed by atoms with Crippen molar-refractivity contribution in [3.8, 4) is 17.1 Å². The number of hydrogen-bond donors (Lipinski definition) is 0. The van der Waals surface area contributed by atoms with E-state index in [0.717, 1.165) is 16.8 Å². The van der Waals surface area contributed by atoms with Crippen LogP contribution in [0.25, 0.3) is 22.2 Å². The van der Waals surface area contributed by atoms with Crippen LogP contribution in [0, 0.1) is 0 Å². The van der Waals surface area contributed by atoms with Crippen LogP contribution in [0.4, 0.5) is 39.5 Å². The number of alkyl halides is 9. The van der Waals surface area contributed by atoms with E-state index in [1.165, 1.54) is 6.92 Å². The molecule has 0 amide bonds. The summed E-state index contributed by atoms with van der Waals surface area (Å²) in [6, 6.07) is 3.16. The fourth-order valence-electron chi connectivity index (χ4n) is 2.92. The van der Waals surface area contributed by atoms with Gasteiger partial charge in [0.1, 0.15) is 0 Å². The molecule has 2 aromatic heterocycles. The summed E-state index contributed by atoms with van der Waals surface area (Å²) in [5.41, 5.74) is -14.9. The predicted molar refractivity (Wildman–Crippen MR) is 99.8 cm³/mol. The minimum atomic E-state index is -6.60. The van der Waals surface area contributed by atoms with Crippen molar-refractivity contribution >= 4 is 31.0 Å². The molecule has 0 aliphatic carbocycles. The van der Waals surface area contributed by atoms with Gasteiger partial charge in [-0.15, -0.1) is 0 Å². The topological polar surface area (TPSA) is 100 Å². The highest BCUT2D eigenvalue weighted by molar-refractivity contribution is 7.91. The summed E-state index contributed by atoms with van der Waals surface area (Å²) in [4.78, 5) is 0. The molecule has 0 unspecified atom stereocenters. The van der Waals surface area contributed by atoms with Crippen molar-refractivity contribution in [2.45, 2.75) is 30.7 Å². The summed E-state index contributed by atoms with van der Waals surface area (Å²) < 4.78 is 167. The van der Waals surface area contributed by atoms with Crippen LogP contribution in [-0.4, -0.2) is 41.6 Å². The molecular formula is C16H10F9N3O5S2. The zero-order chi connectivity index (χ0) is 26.8. The van der Waals surface area contributed by atoms with E-state index in [4.69, 9.17) is 0 Å². The number of aromatic nitrogens is 3. The normalized spacial score (nSPS) is 14.0. The summed E-state index contributed by atoms with van der Waals surface area (Å²) >= 11 is 0. The van der Waals surface area contributed by atoms with Crippen molar-refractivity contribution in [2.24, 2.45) is 0 Å². The highest BCUT2D eigenvalue weighted by Gasteiger charge is 2.52. The Balaban J connectivity index is 2.30. The number of halogens is 9. The fourth-order valence-corrected chi connectivity index (χ4v) is 4.37. The third-order valence-corrected chi connectivity index (χ3v) is 6.80. The van der Waals surface area contributed by atoms with Crippen molar-refractivity contribution in [3.05, 3.63) is 36.0 Å². The maximum atomic E-state index is 13.2. The van der Waals surface area contributed by atoms with Crippen molar-refractivity contribution < 1.29 is 60.5 Å². The molecule has 0 radical (unpaired) electrons. The average molecular weight is 559 g/mol. The van der Waals surface area contributed by atoms with Gasteiger partial charge in [-0.1, -0.05) is 6.07 Å². The second-order valence-corrected chi connectivity index (χ2v) is 10.00. The minimum Gasteiger partial charge on any atom is -0.356 e. The largest absolute Gasteiger partial charge is 0.534 e. The van der Waals surface area contributed by atoms with Crippen LogP contribution in [0.3, 0.4) is 0 Å². The number of fused-ring (bicyclic) bond motifs is 1. The van der Waals surface area contributed by atoms with Gasteiger partial charge in [0.25, 0.3) is 0 Å². The van der Waals surface area contributed by atoms with E-state index in [1.807, 2.05) is 0 Å². The predicted octanol–water partition coefficient (Wildman–Crippen LogP) is 4.47. The Bertz CT molecular complexity index is 1500. The maximum Gasteiger partial charge on any atom is 0.534 e. The van der Waals surface area contributed by atoms with Gasteiger partial charge in [-0.3, -0.25) is 4.68 Å². The van der Waals surface area contributed by atoms with Crippen molar-refractivity contribution in [2.75, 3.05) is 0 Å². The summed E-state index contributed by atoms with van der Waals surface area (Å²) in [5, 5.41) is 2.74. The first-order valence-corrected chi connectivity index (χ1v) is 11.7. The van der Waals surface area contributed by atoms with Gasteiger partial charge in [-0.25, -0.2) is 0 Å². The van der Waals surface area contributed by atoms with Crippen molar-refractivity contribution in [1.29, 1.82) is 0 Å². The lowest BCUT2D eigenvalue weighted by Crippen LogP contribution is -2.33. The second kappa shape index (κ2) is 8.04. The van der Waals surface area contributed by atoms with Gasteiger partial charge < -0.3 is 4.18 Å². The molecule has 0 aliphatic rings. The quantitative estimate of drug-likeness (QED) is 0.260. The summed E-state index contributed by atoms with van der Waals surface area (Å²) in [6.45, 7) is 1.31. The summed E-state index contributed by atoms with van der Waals surface area (Å²) in [6.07, 6.45) is -4.86. The van der Waals surface area contributed by atoms with E-state index < -0.39 is 63.8 Å². The number of rotatable bonds is 5. The Hall–Kier alpha value is -2.96. The van der Waals surface area contributed by atoms with Gasteiger partial charge in [0, 0.05) is 23.6 Å². The first-order valence-electron chi connectivity index (χ1n) is 8.84. The molecule has 194 valence electrons. The lowest BCUT2D eigenvalue weighted by Gasteiger charge is -2.15. The van der Waals surface area contributed by atoms with Gasteiger partial charge in [-0.2, -0.15) is 65.4 Å². The molecule has 0 bridgehead atoms. The van der Waals surface area contributed by atoms with E-state index in [0.29, 0.717) is 12.1 Å². The first kappa shape index (κ1) is 26.6. The smallest absolute Gasteiger partial charge is 0.356 e. The first-order chi connectivity index (χ1) is 15.7. The zero-order valence-corrected chi connectivity index (χ0v) is 18.3. The average Bonchev–Trinajstić information content (AvgIpc) is 3.26. The van der Waals surface area contributed by atoms with Crippen molar-refractivity contribution in [3.63, 3.8) is 0 Å². The minimum absolute atomic E-state index is 0.106. The molecule has 0 spiro atoms. The summed E-state index contributed by atoms with van der Waals surface area (Å²) in [5.74, 6) is -1.87. The van der Waals surface area contributed by atoms with Crippen LogP contribution in [0.2, 0.25) is 0 Å². The van der Waals surface area contributed by atoms with Gasteiger partial charge in [0.2, 0.25) is 5.88 Å². The van der Waals surface area contributed by atoms with Gasteiger partial charge in [-0.05, 0) is 25.1 Å². The highest BCUT2D eigenvalue weighted by atomic mass is 32.2. The van der Waals surface area contributed by atoms with E-state index in [-0.39, 0.29) is 23.9 Å². The van der Waals surface area contributed by atoms with Crippen molar-refractivity contribution in [1.82, 2.24) is 13.8 Å². The van der Waals surface area contributed by atoms with Gasteiger partial charge >= 0.3 is 37.3 Å². The van der Waals surface area contributed by atoms with E-state index in [2.05, 4.69) is 9.28 Å². The second-order valence-electron chi connectivity index (χ2n) is 6.68. The molecule has 1 aromatic carbocycles. The molecular weight excluding hydrogens is 549 g/mol. The molecule has 0 saturated heterocycles. The van der Waals surface area contributed by atoms with Crippen LogP contribution < -0.4 is 4.18 Å². The molecule has 0 saturated carbocycles. The van der Waals surface area contributed by atoms with Crippen LogP contribution in [-0.2, 0) is 32.9 Å². The Kier molecular flexibility index (Phi) is 6.12. The molecule has 3 rings (SSSR count). The summed E-state index contributed by atoms with van der Waals surface area (Å²) in [7, 11) is -13.1. The third-order valence-electron chi connectivity index (χ3n) is 4.40. The molecule has 0 fully saturated rings.